The van der Waals surface area contributed by atoms with Crippen molar-refractivity contribution >= 4 is 5.97 Å². The Morgan fingerprint density at radius 3 is 2.54 bits per heavy atom. The highest BCUT2D eigenvalue weighted by Gasteiger charge is 2.51. The third-order valence-corrected chi connectivity index (χ3v) is 5.10. The quantitative estimate of drug-likeness (QED) is 0.731. The van der Waals surface area contributed by atoms with Crippen molar-refractivity contribution < 1.29 is 14.6 Å². The smallest absolute Gasteiger partial charge is 0.313 e. The number of hydrogen-bond acceptors (Lipinski definition) is 4. The van der Waals surface area contributed by atoms with Gasteiger partial charge in [-0.2, -0.15) is 0 Å². The monoisotopic (exact) mass is 358 g/mol. The zero-order valence-corrected chi connectivity index (χ0v) is 15.6. The second-order valence-corrected chi connectivity index (χ2v) is 7.54. The maximum absolute atomic E-state index is 12.9. The van der Waals surface area contributed by atoms with Gasteiger partial charge in [0.1, 0.15) is 0 Å². The predicted molar refractivity (Wildman–Crippen MR) is 98.1 cm³/mol. The van der Waals surface area contributed by atoms with E-state index in [1.807, 2.05) is 24.3 Å². The Kier molecular flexibility index (Phi) is 4.80. The van der Waals surface area contributed by atoms with Crippen LogP contribution in [-0.4, -0.2) is 33.0 Å². The lowest BCUT2D eigenvalue weighted by atomic mass is 9.66. The minimum Gasteiger partial charge on any atom is -0.463 e. The molecule has 3 N–H and O–H groups in total. The lowest BCUT2D eigenvalue weighted by molar-refractivity contribution is -0.163. The van der Waals surface area contributed by atoms with Crippen molar-refractivity contribution in [2.45, 2.75) is 58.2 Å². The van der Waals surface area contributed by atoms with Crippen LogP contribution in [0.15, 0.2) is 29.1 Å². The highest BCUT2D eigenvalue weighted by molar-refractivity contribution is 5.77. The van der Waals surface area contributed by atoms with E-state index in [1.54, 1.807) is 20.8 Å². The van der Waals surface area contributed by atoms with Gasteiger partial charge in [-0.15, -0.1) is 0 Å². The molecule has 1 aliphatic rings. The summed E-state index contributed by atoms with van der Waals surface area (Å²) in [6, 6.07) is 7.83. The Morgan fingerprint density at radius 1 is 1.31 bits per heavy atom. The van der Waals surface area contributed by atoms with Crippen molar-refractivity contribution in [1.29, 1.82) is 0 Å². The number of ether oxygens (including phenoxy) is 1. The molecule has 1 aromatic carbocycles. The first-order valence-corrected chi connectivity index (χ1v) is 9.05. The number of hydrogen-bond donors (Lipinski definition) is 3. The Labute approximate surface area is 152 Å². The number of carbonyl (C=O) groups is 1. The molecule has 0 spiro atoms. The number of fused-ring (bicyclic) bond motifs is 1. The molecule has 0 bridgehead atoms. The van der Waals surface area contributed by atoms with Gasteiger partial charge >= 0.3 is 5.97 Å². The van der Waals surface area contributed by atoms with Crippen LogP contribution in [0.1, 0.15) is 56.0 Å². The summed E-state index contributed by atoms with van der Waals surface area (Å²) in [5.74, 6) is -1.91. The minimum absolute atomic E-state index is 0.183. The molecule has 0 fully saturated rings. The molecule has 2 aromatic rings. The molecule has 1 aromatic heterocycles. The van der Waals surface area contributed by atoms with E-state index in [9.17, 15) is 14.7 Å². The number of rotatable bonds is 4. The minimum atomic E-state index is -1.34. The van der Waals surface area contributed by atoms with Crippen molar-refractivity contribution in [1.82, 2.24) is 10.2 Å². The second kappa shape index (κ2) is 6.76. The summed E-state index contributed by atoms with van der Waals surface area (Å²) < 4.78 is 5.43. The van der Waals surface area contributed by atoms with Gasteiger partial charge < -0.3 is 14.9 Å². The van der Waals surface area contributed by atoms with Gasteiger partial charge in [-0.3, -0.25) is 14.7 Å². The molecule has 0 unspecified atom stereocenters. The number of esters is 1. The van der Waals surface area contributed by atoms with E-state index in [0.717, 1.165) is 12.0 Å². The van der Waals surface area contributed by atoms with Crippen molar-refractivity contribution in [3.63, 3.8) is 0 Å². The lowest BCUT2D eigenvalue weighted by Gasteiger charge is -2.40. The molecular weight excluding hydrogens is 332 g/mol. The number of carbonyl (C=O) groups excluding carboxylic acids is 1. The molecule has 3 atom stereocenters. The number of aromatic amines is 2. The van der Waals surface area contributed by atoms with Crippen LogP contribution in [0.3, 0.4) is 0 Å². The normalized spacial score (nSPS) is 25.2. The highest BCUT2D eigenvalue weighted by Crippen LogP contribution is 2.44. The molecule has 0 saturated carbocycles. The van der Waals surface area contributed by atoms with E-state index in [4.69, 9.17) is 4.74 Å². The van der Waals surface area contributed by atoms with Gasteiger partial charge in [0, 0.05) is 23.6 Å². The molecule has 140 valence electrons. The number of nitrogens with one attached hydrogen (secondary N) is 2. The van der Waals surface area contributed by atoms with Gasteiger partial charge in [-0.25, -0.2) is 0 Å². The third-order valence-electron chi connectivity index (χ3n) is 5.10. The van der Waals surface area contributed by atoms with Crippen molar-refractivity contribution in [2.75, 3.05) is 0 Å². The second-order valence-electron chi connectivity index (χ2n) is 7.54. The zero-order chi connectivity index (χ0) is 19.1. The van der Waals surface area contributed by atoms with E-state index in [1.165, 1.54) is 5.56 Å². The fraction of sp³-hybridized carbons (Fsp3) is 0.500. The van der Waals surface area contributed by atoms with Crippen LogP contribution in [0.2, 0.25) is 0 Å². The maximum atomic E-state index is 12.9. The topological polar surface area (TPSA) is 95.2 Å². The molecule has 6 heteroatoms. The Balaban J connectivity index is 2.16. The summed E-state index contributed by atoms with van der Waals surface area (Å²) in [7, 11) is 0. The predicted octanol–water partition coefficient (Wildman–Crippen LogP) is 2.27. The van der Waals surface area contributed by atoms with Crippen molar-refractivity contribution in [3.05, 3.63) is 57.0 Å². The standard InChI is InChI=1S/C20H26N2O4/c1-5-12-6-8-13(9-7-12)15-16-14(21-22-18(16)23)10-20(4,25)17(15)19(24)26-11(2)3/h6-9,11,15,17,25H,5,10H2,1-4H3,(H2,21,22,23)/t15-,17+,20+/m1/s1. The summed E-state index contributed by atoms with van der Waals surface area (Å²) >= 11 is 0. The molecule has 26 heavy (non-hydrogen) atoms. The molecule has 3 rings (SSSR count). The number of benzene rings is 1. The number of aliphatic hydroxyl groups is 1. The number of H-pyrrole nitrogens is 2. The summed E-state index contributed by atoms with van der Waals surface area (Å²) in [4.78, 5) is 25.3. The van der Waals surface area contributed by atoms with Crippen LogP contribution in [0.25, 0.3) is 0 Å². The van der Waals surface area contributed by atoms with Gasteiger partial charge in [0.15, 0.2) is 0 Å². The van der Waals surface area contributed by atoms with Gasteiger partial charge in [-0.05, 0) is 38.3 Å². The molecule has 1 heterocycles. The molecule has 1 aliphatic carbocycles. The fourth-order valence-electron chi connectivity index (χ4n) is 3.88. The molecule has 6 nitrogen and oxygen atoms in total. The molecule has 0 aliphatic heterocycles. The lowest BCUT2D eigenvalue weighted by Crippen LogP contribution is -2.50. The van der Waals surface area contributed by atoms with Crippen LogP contribution >= 0.6 is 0 Å². The van der Waals surface area contributed by atoms with Crippen molar-refractivity contribution in [2.24, 2.45) is 5.92 Å². The molecular formula is C20H26N2O4. The summed E-state index contributed by atoms with van der Waals surface area (Å²) in [5.41, 5.74) is 1.53. The molecule has 0 saturated heterocycles. The maximum Gasteiger partial charge on any atom is 0.313 e. The fourth-order valence-corrected chi connectivity index (χ4v) is 3.88. The number of aromatic nitrogens is 2. The van der Waals surface area contributed by atoms with Crippen molar-refractivity contribution in [3.8, 4) is 0 Å². The first-order chi connectivity index (χ1) is 12.2. The van der Waals surface area contributed by atoms with Gasteiger partial charge in [0.05, 0.1) is 17.6 Å². The van der Waals surface area contributed by atoms with Crippen LogP contribution < -0.4 is 5.56 Å². The van der Waals surface area contributed by atoms with E-state index < -0.39 is 23.4 Å². The van der Waals surface area contributed by atoms with Crippen LogP contribution in [0.4, 0.5) is 0 Å². The van der Waals surface area contributed by atoms with E-state index in [-0.39, 0.29) is 18.1 Å². The van der Waals surface area contributed by atoms with Gasteiger partial charge in [-0.1, -0.05) is 31.2 Å². The van der Waals surface area contributed by atoms with Crippen LogP contribution in [0, 0.1) is 5.92 Å². The number of aryl methyl sites for hydroxylation is 1. The average Bonchev–Trinajstić information content (AvgIpc) is 2.92. The Bertz CT molecular complexity index is 845. The highest BCUT2D eigenvalue weighted by atomic mass is 16.5. The first-order valence-electron chi connectivity index (χ1n) is 9.05. The SMILES string of the molecule is CCc1ccc([C@@H]2c3c([nH][nH]c3=O)C[C@](C)(O)[C@@H]2C(=O)OC(C)C)cc1. The van der Waals surface area contributed by atoms with Gasteiger partial charge in [0.25, 0.3) is 5.56 Å². The largest absolute Gasteiger partial charge is 0.463 e. The Morgan fingerprint density at radius 2 is 1.96 bits per heavy atom. The zero-order valence-electron chi connectivity index (χ0n) is 15.6. The van der Waals surface area contributed by atoms with E-state index in [2.05, 4.69) is 17.1 Å². The van der Waals surface area contributed by atoms with Gasteiger partial charge in [0.2, 0.25) is 0 Å². The van der Waals surface area contributed by atoms with Crippen LogP contribution in [0.5, 0.6) is 0 Å². The van der Waals surface area contributed by atoms with E-state index >= 15 is 0 Å². The third kappa shape index (κ3) is 3.21. The average molecular weight is 358 g/mol. The molecule has 0 radical (unpaired) electrons. The summed E-state index contributed by atoms with van der Waals surface area (Å²) in [5, 5.41) is 16.5. The Hall–Kier alpha value is -2.34. The first kappa shape index (κ1) is 18.5. The molecule has 0 amide bonds. The summed E-state index contributed by atoms with van der Waals surface area (Å²) in [6.45, 7) is 7.24. The van der Waals surface area contributed by atoms with Crippen LogP contribution in [-0.2, 0) is 22.4 Å². The summed E-state index contributed by atoms with van der Waals surface area (Å²) in [6.07, 6.45) is 0.785. The van der Waals surface area contributed by atoms with E-state index in [0.29, 0.717) is 11.3 Å².